The van der Waals surface area contributed by atoms with Crippen LogP contribution in [-0.2, 0) is 4.74 Å². The van der Waals surface area contributed by atoms with Gasteiger partial charge in [0.25, 0.3) is 0 Å². The second-order valence-electron chi connectivity index (χ2n) is 9.47. The number of methoxy groups -OCH3 is 1. The molecule has 24 heavy (non-hydrogen) atoms. The molecule has 136 valence electrons. The number of ether oxygens (including phenoxy) is 1. The van der Waals surface area contributed by atoms with Gasteiger partial charge in [0, 0.05) is 12.5 Å². The molecule has 0 heterocycles. The van der Waals surface area contributed by atoms with Gasteiger partial charge < -0.3 is 14.9 Å². The molecule has 0 unspecified atom stereocenters. The van der Waals surface area contributed by atoms with Crippen molar-refractivity contribution in [2.75, 3.05) is 13.7 Å². The largest absolute Gasteiger partial charge is 0.393 e. The monoisotopic (exact) mass is 334 g/mol. The van der Waals surface area contributed by atoms with Crippen LogP contribution in [0.15, 0.2) is 11.6 Å². The Hall–Kier alpha value is -0.380. The van der Waals surface area contributed by atoms with Crippen LogP contribution in [0.25, 0.3) is 0 Å². The van der Waals surface area contributed by atoms with Crippen molar-refractivity contribution in [1.29, 1.82) is 0 Å². The molecular formula is C21H34O3. The number of fused-ring (bicyclic) bond motifs is 5. The summed E-state index contributed by atoms with van der Waals surface area (Å²) in [5, 5.41) is 20.8. The summed E-state index contributed by atoms with van der Waals surface area (Å²) in [5.74, 6) is 2.56. The molecule has 0 aromatic carbocycles. The van der Waals surface area contributed by atoms with Gasteiger partial charge in [-0.15, -0.1) is 0 Å². The van der Waals surface area contributed by atoms with E-state index in [1.165, 1.54) is 24.8 Å². The lowest BCUT2D eigenvalue weighted by Crippen LogP contribution is -2.55. The van der Waals surface area contributed by atoms with Crippen LogP contribution in [0.5, 0.6) is 0 Å². The molecule has 0 radical (unpaired) electrons. The van der Waals surface area contributed by atoms with Crippen LogP contribution < -0.4 is 0 Å². The van der Waals surface area contributed by atoms with Crippen LogP contribution in [0.3, 0.4) is 0 Å². The third-order valence-corrected chi connectivity index (χ3v) is 8.49. The molecule has 4 aliphatic carbocycles. The van der Waals surface area contributed by atoms with E-state index in [4.69, 9.17) is 4.74 Å². The predicted octanol–water partition coefficient (Wildman–Crippen LogP) is 3.54. The molecule has 4 aliphatic rings. The molecule has 0 aromatic rings. The lowest BCUT2D eigenvalue weighted by molar-refractivity contribution is -0.106. The molecule has 3 fully saturated rings. The van der Waals surface area contributed by atoms with Crippen molar-refractivity contribution >= 4 is 0 Å². The summed E-state index contributed by atoms with van der Waals surface area (Å²) in [5.41, 5.74) is 1.74. The molecule has 4 rings (SSSR count). The maximum Gasteiger partial charge on any atom is 0.0724 e. The van der Waals surface area contributed by atoms with E-state index in [0.717, 1.165) is 32.3 Å². The van der Waals surface area contributed by atoms with E-state index in [-0.39, 0.29) is 23.0 Å². The zero-order valence-corrected chi connectivity index (χ0v) is 15.5. The van der Waals surface area contributed by atoms with Gasteiger partial charge >= 0.3 is 0 Å². The maximum atomic E-state index is 10.6. The minimum absolute atomic E-state index is 0.109. The van der Waals surface area contributed by atoms with Crippen molar-refractivity contribution in [2.24, 2.45) is 34.5 Å². The third kappa shape index (κ3) is 2.20. The van der Waals surface area contributed by atoms with E-state index in [0.29, 0.717) is 23.7 Å². The molecule has 0 bridgehead atoms. The molecule has 0 aliphatic heterocycles. The van der Waals surface area contributed by atoms with Gasteiger partial charge in [0.1, 0.15) is 0 Å². The number of rotatable bonds is 2. The van der Waals surface area contributed by atoms with Crippen molar-refractivity contribution in [3.05, 3.63) is 11.6 Å². The molecule has 0 saturated heterocycles. The molecule has 3 nitrogen and oxygen atoms in total. The van der Waals surface area contributed by atoms with Crippen LogP contribution in [0, 0.1) is 34.5 Å². The SMILES string of the molecule is COC[C@]12CC[C@H](O)C=C1[C@@H](C)C[C@@H]1[C@@H]2CC[C@]2(C)[C@@H](O)CC[C@@H]12. The molecule has 0 aromatic heterocycles. The van der Waals surface area contributed by atoms with Crippen LogP contribution in [0.1, 0.15) is 58.8 Å². The average molecular weight is 335 g/mol. The molecule has 3 heteroatoms. The summed E-state index contributed by atoms with van der Waals surface area (Å²) < 4.78 is 5.76. The molecule has 2 N–H and O–H groups in total. The standard InChI is InChI=1S/C21H34O3/c1-13-10-15-16-4-5-19(23)20(16,2)8-7-17(15)21(12-24-3)9-6-14(22)11-18(13)21/h11,13-17,19,22-23H,4-10,12H2,1-3H3/t13-,14-,15-,16-,17-,19-,20-,21-/m0/s1. The molecule has 0 amide bonds. The Labute approximate surface area is 146 Å². The normalized spacial score (nSPS) is 53.8. The fourth-order valence-electron chi connectivity index (χ4n) is 7.39. The van der Waals surface area contributed by atoms with E-state index < -0.39 is 0 Å². The van der Waals surface area contributed by atoms with Crippen molar-refractivity contribution in [3.63, 3.8) is 0 Å². The number of aliphatic hydroxyl groups is 2. The lowest BCUT2D eigenvalue weighted by atomic mass is 9.45. The van der Waals surface area contributed by atoms with E-state index in [1.807, 2.05) is 7.11 Å². The average Bonchev–Trinajstić information content (AvgIpc) is 2.85. The quantitative estimate of drug-likeness (QED) is 0.759. The van der Waals surface area contributed by atoms with Crippen molar-refractivity contribution in [2.45, 2.75) is 71.0 Å². The first-order chi connectivity index (χ1) is 11.4. The highest BCUT2D eigenvalue weighted by atomic mass is 16.5. The first kappa shape index (κ1) is 17.1. The lowest BCUT2D eigenvalue weighted by Gasteiger charge is -2.60. The highest BCUT2D eigenvalue weighted by Crippen LogP contribution is 2.66. The van der Waals surface area contributed by atoms with E-state index >= 15 is 0 Å². The smallest absolute Gasteiger partial charge is 0.0724 e. The van der Waals surface area contributed by atoms with Crippen molar-refractivity contribution < 1.29 is 14.9 Å². The predicted molar refractivity (Wildman–Crippen MR) is 94.5 cm³/mol. The number of aliphatic hydroxyl groups excluding tert-OH is 2. The van der Waals surface area contributed by atoms with Gasteiger partial charge in [-0.25, -0.2) is 0 Å². The van der Waals surface area contributed by atoms with Gasteiger partial charge in [-0.1, -0.05) is 25.5 Å². The van der Waals surface area contributed by atoms with Gasteiger partial charge in [-0.2, -0.15) is 0 Å². The van der Waals surface area contributed by atoms with Gasteiger partial charge in [-0.3, -0.25) is 0 Å². The summed E-state index contributed by atoms with van der Waals surface area (Å²) in [6.07, 6.45) is 9.47. The van der Waals surface area contributed by atoms with Crippen LogP contribution in [0.2, 0.25) is 0 Å². The third-order valence-electron chi connectivity index (χ3n) is 8.49. The minimum atomic E-state index is -0.272. The van der Waals surface area contributed by atoms with E-state index in [9.17, 15) is 10.2 Å². The van der Waals surface area contributed by atoms with E-state index in [1.54, 1.807) is 0 Å². The fraction of sp³-hybridized carbons (Fsp3) is 0.905. The van der Waals surface area contributed by atoms with Crippen LogP contribution >= 0.6 is 0 Å². The molecule has 0 spiro atoms. The Morgan fingerprint density at radius 3 is 2.67 bits per heavy atom. The Bertz CT molecular complexity index is 529. The summed E-state index contributed by atoms with van der Waals surface area (Å²) in [6, 6.07) is 0. The topological polar surface area (TPSA) is 49.7 Å². The zero-order valence-electron chi connectivity index (χ0n) is 15.5. The van der Waals surface area contributed by atoms with E-state index in [2.05, 4.69) is 19.9 Å². The molecular weight excluding hydrogens is 300 g/mol. The second kappa shape index (κ2) is 5.82. The Kier molecular flexibility index (Phi) is 4.14. The number of hydrogen-bond acceptors (Lipinski definition) is 3. The zero-order chi connectivity index (χ0) is 17.1. The fourth-order valence-corrected chi connectivity index (χ4v) is 7.39. The van der Waals surface area contributed by atoms with Gasteiger partial charge in [-0.05, 0) is 74.0 Å². The molecule has 3 saturated carbocycles. The minimum Gasteiger partial charge on any atom is -0.393 e. The summed E-state index contributed by atoms with van der Waals surface area (Å²) in [7, 11) is 1.83. The Balaban J connectivity index is 1.74. The number of hydrogen-bond donors (Lipinski definition) is 2. The van der Waals surface area contributed by atoms with Crippen molar-refractivity contribution in [1.82, 2.24) is 0 Å². The van der Waals surface area contributed by atoms with Crippen LogP contribution in [-0.4, -0.2) is 36.1 Å². The highest BCUT2D eigenvalue weighted by Gasteiger charge is 2.61. The first-order valence-corrected chi connectivity index (χ1v) is 9.99. The summed E-state index contributed by atoms with van der Waals surface area (Å²) >= 11 is 0. The first-order valence-electron chi connectivity index (χ1n) is 9.99. The molecule has 8 atom stereocenters. The van der Waals surface area contributed by atoms with Gasteiger partial charge in [0.2, 0.25) is 0 Å². The summed E-state index contributed by atoms with van der Waals surface area (Å²) in [4.78, 5) is 0. The van der Waals surface area contributed by atoms with Crippen molar-refractivity contribution in [3.8, 4) is 0 Å². The Morgan fingerprint density at radius 1 is 1.12 bits per heavy atom. The maximum absolute atomic E-state index is 10.6. The summed E-state index contributed by atoms with van der Waals surface area (Å²) in [6.45, 7) is 5.49. The van der Waals surface area contributed by atoms with Gasteiger partial charge in [0.15, 0.2) is 0 Å². The van der Waals surface area contributed by atoms with Crippen LogP contribution in [0.4, 0.5) is 0 Å². The second-order valence-corrected chi connectivity index (χ2v) is 9.47. The Morgan fingerprint density at radius 2 is 1.92 bits per heavy atom. The highest BCUT2D eigenvalue weighted by molar-refractivity contribution is 5.29. The van der Waals surface area contributed by atoms with Gasteiger partial charge in [0.05, 0.1) is 18.8 Å².